The average molecular weight is 609 g/mol. The fourth-order valence-electron chi connectivity index (χ4n) is 6.15. The molecule has 3 aliphatic heterocycles. The van der Waals surface area contributed by atoms with Crippen molar-refractivity contribution in [3.63, 3.8) is 0 Å². The Morgan fingerprint density at radius 1 is 1.12 bits per heavy atom. The van der Waals surface area contributed by atoms with Gasteiger partial charge in [0.15, 0.2) is 5.11 Å². The smallest absolute Gasteiger partial charge is 0.416 e. The van der Waals surface area contributed by atoms with E-state index < -0.39 is 23.5 Å². The van der Waals surface area contributed by atoms with Gasteiger partial charge in [-0.15, -0.1) is 6.58 Å². The number of rotatable bonds is 7. The third kappa shape index (κ3) is 6.34. The van der Waals surface area contributed by atoms with E-state index >= 15 is 0 Å². The molecule has 12 heteroatoms. The van der Waals surface area contributed by atoms with Crippen LogP contribution in [0.2, 0.25) is 0 Å². The molecule has 3 fully saturated rings. The second kappa shape index (κ2) is 11.7. The number of nitrogens with zero attached hydrogens (tertiary/aromatic N) is 2. The Labute approximate surface area is 244 Å². The van der Waals surface area contributed by atoms with Gasteiger partial charge in [-0.05, 0) is 97.0 Å². The molecule has 0 spiro atoms. The van der Waals surface area contributed by atoms with E-state index in [4.69, 9.17) is 17.0 Å². The van der Waals surface area contributed by atoms with Crippen LogP contribution in [-0.4, -0.2) is 41.2 Å². The van der Waals surface area contributed by atoms with Crippen LogP contribution in [-0.2, 0) is 18.9 Å². The number of benzene rings is 2. The van der Waals surface area contributed by atoms with Gasteiger partial charge in [-0.3, -0.25) is 9.88 Å². The number of methoxy groups -OCH3 is 1. The molecule has 5 atom stereocenters. The first-order valence-electron chi connectivity index (χ1n) is 13.5. The van der Waals surface area contributed by atoms with Gasteiger partial charge >= 0.3 is 12.4 Å². The van der Waals surface area contributed by atoms with E-state index in [2.05, 4.69) is 27.1 Å². The Hall–Kier alpha value is -3.38. The monoisotopic (exact) mass is 608 g/mol. The minimum absolute atomic E-state index is 0.0295. The summed E-state index contributed by atoms with van der Waals surface area (Å²) < 4.78 is 85.6. The summed E-state index contributed by atoms with van der Waals surface area (Å²) in [4.78, 5) is 6.88. The zero-order valence-corrected chi connectivity index (χ0v) is 23.5. The van der Waals surface area contributed by atoms with Gasteiger partial charge in [0, 0.05) is 30.7 Å². The minimum atomic E-state index is -4.93. The molecule has 2 N–H and O–H groups in total. The van der Waals surface area contributed by atoms with Crippen LogP contribution in [0.1, 0.15) is 41.1 Å². The first kappa shape index (κ1) is 30.1. The summed E-state index contributed by atoms with van der Waals surface area (Å²) in [5, 5.41) is 7.16. The highest BCUT2D eigenvalue weighted by molar-refractivity contribution is 7.80. The van der Waals surface area contributed by atoms with Gasteiger partial charge in [0.1, 0.15) is 5.75 Å². The number of fused-ring (bicyclic) bond motifs is 4. The van der Waals surface area contributed by atoms with E-state index in [1.165, 1.54) is 0 Å². The molecule has 42 heavy (non-hydrogen) atoms. The molecule has 0 aliphatic carbocycles. The van der Waals surface area contributed by atoms with E-state index in [9.17, 15) is 26.3 Å². The van der Waals surface area contributed by atoms with Gasteiger partial charge in [-0.2, -0.15) is 26.3 Å². The summed E-state index contributed by atoms with van der Waals surface area (Å²) in [6, 6.07) is 8.67. The number of hydrogen-bond acceptors (Lipinski definition) is 4. The minimum Gasteiger partial charge on any atom is -0.497 e. The lowest BCUT2D eigenvalue weighted by molar-refractivity contribution is -0.143. The number of thiocarbonyl (C=S) groups is 1. The topological polar surface area (TPSA) is 49.4 Å². The molecule has 3 aliphatic rings. The number of aromatic nitrogens is 1. The molecule has 0 radical (unpaired) electrons. The summed E-state index contributed by atoms with van der Waals surface area (Å²) in [7, 11) is 1.57. The number of hydrogen-bond donors (Lipinski definition) is 2. The molecule has 224 valence electrons. The van der Waals surface area contributed by atoms with E-state index in [1.54, 1.807) is 13.3 Å². The standard InChI is InChI=1S/C30H30F6N4OS/c1-3-18-16-40-9-7-19(18)12-26(40)27(23-6-8-37-25-5-4-22(41-2)14-24(23)25)39-28(42)38-15-17-10-20(29(31,32)33)13-21(11-17)30(34,35)36/h3-6,8,10-11,13-14,18-19,26-27H,1,7,9,12,15-16H2,2H3,(H2,38,39,42)/t18-,19-,26-,27-/m0/s1. The zero-order chi connectivity index (χ0) is 30.2. The summed E-state index contributed by atoms with van der Waals surface area (Å²) in [6.45, 7) is 5.41. The van der Waals surface area contributed by atoms with Gasteiger partial charge in [-0.1, -0.05) is 6.08 Å². The molecule has 0 saturated carbocycles. The van der Waals surface area contributed by atoms with Crippen LogP contribution in [0.3, 0.4) is 0 Å². The Morgan fingerprint density at radius 3 is 2.43 bits per heavy atom. The van der Waals surface area contributed by atoms with E-state index in [0.717, 1.165) is 42.4 Å². The van der Waals surface area contributed by atoms with Crippen molar-refractivity contribution in [2.24, 2.45) is 11.8 Å². The lowest BCUT2D eigenvalue weighted by atomic mass is 9.73. The average Bonchev–Trinajstić information content (AvgIpc) is 2.97. The van der Waals surface area contributed by atoms with Crippen molar-refractivity contribution in [2.45, 2.75) is 43.8 Å². The molecule has 6 rings (SSSR count). The highest BCUT2D eigenvalue weighted by Gasteiger charge is 2.43. The quantitative estimate of drug-likeness (QED) is 0.173. The first-order valence-corrected chi connectivity index (χ1v) is 13.9. The molecule has 2 aromatic carbocycles. The summed E-state index contributed by atoms with van der Waals surface area (Å²) in [5.74, 6) is 1.47. The second-order valence-electron chi connectivity index (χ2n) is 10.7. The van der Waals surface area contributed by atoms with E-state index in [0.29, 0.717) is 29.7 Å². The third-order valence-corrected chi connectivity index (χ3v) is 8.51. The van der Waals surface area contributed by atoms with Crippen molar-refractivity contribution in [3.05, 3.63) is 83.6 Å². The van der Waals surface area contributed by atoms with Crippen molar-refractivity contribution in [1.82, 2.24) is 20.5 Å². The maximum atomic E-state index is 13.4. The molecule has 2 bridgehead atoms. The van der Waals surface area contributed by atoms with E-state index in [-0.39, 0.29) is 35.4 Å². The van der Waals surface area contributed by atoms with Crippen LogP contribution in [0, 0.1) is 11.8 Å². The number of halogens is 6. The zero-order valence-electron chi connectivity index (χ0n) is 22.7. The number of alkyl halides is 6. The lowest BCUT2D eigenvalue weighted by Gasteiger charge is -2.52. The molecule has 5 nitrogen and oxygen atoms in total. The lowest BCUT2D eigenvalue weighted by Crippen LogP contribution is -2.58. The van der Waals surface area contributed by atoms with Crippen LogP contribution in [0.5, 0.6) is 5.75 Å². The van der Waals surface area contributed by atoms with Crippen LogP contribution in [0.4, 0.5) is 26.3 Å². The normalized spacial score (nSPS) is 22.9. The van der Waals surface area contributed by atoms with Crippen molar-refractivity contribution in [3.8, 4) is 5.75 Å². The molecular formula is C30H30F6N4OS. The van der Waals surface area contributed by atoms with Crippen molar-refractivity contribution in [1.29, 1.82) is 0 Å². The van der Waals surface area contributed by atoms with Crippen molar-refractivity contribution in [2.75, 3.05) is 20.2 Å². The number of nitrogens with one attached hydrogen (secondary N) is 2. The predicted molar refractivity (Wildman–Crippen MR) is 152 cm³/mol. The van der Waals surface area contributed by atoms with Gasteiger partial charge in [0.2, 0.25) is 0 Å². The van der Waals surface area contributed by atoms with Gasteiger partial charge in [-0.25, -0.2) is 0 Å². The number of pyridine rings is 1. The molecule has 0 amide bonds. The maximum absolute atomic E-state index is 13.4. The summed E-state index contributed by atoms with van der Waals surface area (Å²) in [6.07, 6.45) is -4.24. The second-order valence-corrected chi connectivity index (χ2v) is 11.2. The summed E-state index contributed by atoms with van der Waals surface area (Å²) in [5.41, 5.74) is -1.26. The van der Waals surface area contributed by atoms with Crippen LogP contribution < -0.4 is 15.4 Å². The Kier molecular flexibility index (Phi) is 8.39. The highest BCUT2D eigenvalue weighted by atomic mass is 32.1. The highest BCUT2D eigenvalue weighted by Crippen LogP contribution is 2.42. The van der Waals surface area contributed by atoms with Crippen molar-refractivity contribution >= 4 is 28.2 Å². The van der Waals surface area contributed by atoms with Crippen LogP contribution >= 0.6 is 12.2 Å². The largest absolute Gasteiger partial charge is 0.497 e. The third-order valence-electron chi connectivity index (χ3n) is 8.24. The molecule has 4 heterocycles. The Bertz CT molecular complexity index is 1440. The Morgan fingerprint density at radius 2 is 1.83 bits per heavy atom. The van der Waals surface area contributed by atoms with Gasteiger partial charge in [0.25, 0.3) is 0 Å². The predicted octanol–water partition coefficient (Wildman–Crippen LogP) is 6.88. The molecule has 1 unspecified atom stereocenters. The fourth-order valence-corrected chi connectivity index (χ4v) is 6.34. The Balaban J connectivity index is 1.44. The first-order chi connectivity index (χ1) is 19.9. The summed E-state index contributed by atoms with van der Waals surface area (Å²) >= 11 is 5.57. The molecular weight excluding hydrogens is 578 g/mol. The fraction of sp³-hybridized carbons (Fsp3) is 0.400. The van der Waals surface area contributed by atoms with Crippen molar-refractivity contribution < 1.29 is 31.1 Å². The number of piperidine rings is 3. The molecule has 1 aromatic heterocycles. The molecule has 3 saturated heterocycles. The maximum Gasteiger partial charge on any atom is 0.416 e. The molecule has 3 aromatic rings. The van der Waals surface area contributed by atoms with Crippen LogP contribution in [0.25, 0.3) is 10.9 Å². The van der Waals surface area contributed by atoms with Crippen LogP contribution in [0.15, 0.2) is 61.3 Å². The number of ether oxygens (including phenoxy) is 1. The van der Waals surface area contributed by atoms with E-state index in [1.807, 2.05) is 30.3 Å². The van der Waals surface area contributed by atoms with Gasteiger partial charge < -0.3 is 15.4 Å². The SMILES string of the molecule is C=C[C@H]1CN2CC[C@H]1C[C@H]2[C@@H](NC(=S)NCc1cc(C(F)(F)F)cc(C(F)(F)F)c1)c1ccnc2ccc(OC)cc12. The van der Waals surface area contributed by atoms with Gasteiger partial charge in [0.05, 0.1) is 29.8 Å².